The smallest absolute Gasteiger partial charge is 0.0320 e. The molecule has 0 radical (unpaired) electrons. The number of hydrogen-bond donors (Lipinski definition) is 0. The molecular weight excluding hydrogens is 144 g/mol. The maximum Gasteiger partial charge on any atom is -0.0320 e. The van der Waals surface area contributed by atoms with Gasteiger partial charge in [-0.2, -0.15) is 0 Å². The summed E-state index contributed by atoms with van der Waals surface area (Å²) < 4.78 is 0. The van der Waals surface area contributed by atoms with Crippen molar-refractivity contribution >= 4 is 0 Å². The van der Waals surface area contributed by atoms with Gasteiger partial charge in [-0.05, 0) is 32.1 Å². The fraction of sp³-hybridized carbons (Fsp3) is 0.833. The van der Waals surface area contributed by atoms with E-state index < -0.39 is 0 Å². The van der Waals surface area contributed by atoms with Crippen LogP contribution in [0.4, 0.5) is 0 Å². The second kappa shape index (κ2) is 8.83. The Hall–Kier alpha value is -0.260. The van der Waals surface area contributed by atoms with Gasteiger partial charge >= 0.3 is 0 Å². The third-order valence-electron chi connectivity index (χ3n) is 2.20. The third kappa shape index (κ3) is 6.45. The van der Waals surface area contributed by atoms with Crippen LogP contribution >= 0.6 is 0 Å². The standard InChI is InChI=1S/C12H24/c1-4-7-10-12(9-6-3)11-8-5-2/h9H,4-8,10-11H2,1-3H3. The van der Waals surface area contributed by atoms with Crippen molar-refractivity contribution < 1.29 is 0 Å². The Morgan fingerprint density at radius 3 is 1.75 bits per heavy atom. The highest BCUT2D eigenvalue weighted by Crippen LogP contribution is 2.15. The van der Waals surface area contributed by atoms with Crippen LogP contribution in [0.3, 0.4) is 0 Å². The van der Waals surface area contributed by atoms with Crippen LogP contribution in [0.25, 0.3) is 0 Å². The summed E-state index contributed by atoms with van der Waals surface area (Å²) in [7, 11) is 0. The maximum atomic E-state index is 2.42. The van der Waals surface area contributed by atoms with Crippen molar-refractivity contribution in [3.05, 3.63) is 11.6 Å². The predicted molar refractivity (Wildman–Crippen MR) is 57.4 cm³/mol. The fourth-order valence-electron chi connectivity index (χ4n) is 1.43. The number of unbranched alkanes of at least 4 members (excludes halogenated alkanes) is 2. The lowest BCUT2D eigenvalue weighted by Crippen LogP contribution is -1.84. The van der Waals surface area contributed by atoms with Crippen molar-refractivity contribution in [3.63, 3.8) is 0 Å². The van der Waals surface area contributed by atoms with E-state index in [2.05, 4.69) is 26.8 Å². The lowest BCUT2D eigenvalue weighted by atomic mass is 10.0. The highest BCUT2D eigenvalue weighted by Gasteiger charge is 1.95. The Labute approximate surface area is 78.1 Å². The molecule has 0 N–H and O–H groups in total. The molecule has 0 aliphatic heterocycles. The molecule has 0 saturated heterocycles. The van der Waals surface area contributed by atoms with Crippen LogP contribution in [0.5, 0.6) is 0 Å². The molecule has 0 nitrogen and oxygen atoms in total. The van der Waals surface area contributed by atoms with Crippen molar-refractivity contribution in [3.8, 4) is 0 Å². The topological polar surface area (TPSA) is 0 Å². The van der Waals surface area contributed by atoms with E-state index >= 15 is 0 Å². The summed E-state index contributed by atoms with van der Waals surface area (Å²) in [6, 6.07) is 0. The number of rotatable bonds is 7. The molecule has 0 heteroatoms. The molecule has 0 aromatic heterocycles. The molecule has 0 aromatic rings. The Balaban J connectivity index is 3.62. The van der Waals surface area contributed by atoms with Gasteiger partial charge in [-0.3, -0.25) is 0 Å². The second-order valence-electron chi connectivity index (χ2n) is 3.48. The predicted octanol–water partition coefficient (Wildman–Crippen LogP) is 4.70. The van der Waals surface area contributed by atoms with E-state index in [1.165, 1.54) is 44.9 Å². The maximum absolute atomic E-state index is 2.42. The lowest BCUT2D eigenvalue weighted by Gasteiger charge is -2.05. The van der Waals surface area contributed by atoms with Gasteiger partial charge in [0.05, 0.1) is 0 Å². The van der Waals surface area contributed by atoms with Gasteiger partial charge in [-0.1, -0.05) is 45.3 Å². The summed E-state index contributed by atoms with van der Waals surface area (Å²) in [5.74, 6) is 0. The molecule has 0 atom stereocenters. The van der Waals surface area contributed by atoms with Gasteiger partial charge in [0, 0.05) is 0 Å². The zero-order chi connectivity index (χ0) is 9.23. The summed E-state index contributed by atoms with van der Waals surface area (Å²) in [5.41, 5.74) is 1.70. The molecule has 0 aromatic carbocycles. The molecular formula is C12H24. The van der Waals surface area contributed by atoms with E-state index in [4.69, 9.17) is 0 Å². The first-order valence-corrected chi connectivity index (χ1v) is 5.53. The van der Waals surface area contributed by atoms with Gasteiger partial charge in [-0.15, -0.1) is 0 Å². The fourth-order valence-corrected chi connectivity index (χ4v) is 1.43. The van der Waals surface area contributed by atoms with Gasteiger partial charge in [0.2, 0.25) is 0 Å². The second-order valence-corrected chi connectivity index (χ2v) is 3.48. The van der Waals surface area contributed by atoms with Crippen LogP contribution in [0, 0.1) is 0 Å². The lowest BCUT2D eigenvalue weighted by molar-refractivity contribution is 0.709. The zero-order valence-corrected chi connectivity index (χ0v) is 9.03. The zero-order valence-electron chi connectivity index (χ0n) is 9.03. The molecule has 0 saturated carbocycles. The first-order chi connectivity index (χ1) is 5.85. The van der Waals surface area contributed by atoms with Crippen LogP contribution in [-0.2, 0) is 0 Å². The average Bonchev–Trinajstić information content (AvgIpc) is 2.10. The highest BCUT2D eigenvalue weighted by atomic mass is 14.0. The van der Waals surface area contributed by atoms with Crippen molar-refractivity contribution in [2.75, 3.05) is 0 Å². The third-order valence-corrected chi connectivity index (χ3v) is 2.20. The molecule has 0 aliphatic rings. The largest absolute Gasteiger partial charge is 0.0856 e. The van der Waals surface area contributed by atoms with Crippen LogP contribution < -0.4 is 0 Å². The van der Waals surface area contributed by atoms with E-state index in [1.807, 2.05) is 0 Å². The monoisotopic (exact) mass is 168 g/mol. The Bertz CT molecular complexity index is 101. The SMILES string of the molecule is CCC=C(CCCC)CCCC. The van der Waals surface area contributed by atoms with Gasteiger partial charge < -0.3 is 0 Å². The molecule has 0 bridgehead atoms. The molecule has 0 rings (SSSR count). The highest BCUT2D eigenvalue weighted by molar-refractivity contribution is 5.01. The summed E-state index contributed by atoms with van der Waals surface area (Å²) in [5, 5.41) is 0. The minimum atomic E-state index is 1.21. The van der Waals surface area contributed by atoms with Crippen LogP contribution in [0.1, 0.15) is 65.7 Å². The Morgan fingerprint density at radius 1 is 0.917 bits per heavy atom. The van der Waals surface area contributed by atoms with Crippen molar-refractivity contribution in [2.45, 2.75) is 65.7 Å². The molecule has 0 aliphatic carbocycles. The minimum Gasteiger partial charge on any atom is -0.0856 e. The first-order valence-electron chi connectivity index (χ1n) is 5.53. The summed E-state index contributed by atoms with van der Waals surface area (Å²) >= 11 is 0. The Kier molecular flexibility index (Phi) is 8.64. The first kappa shape index (κ1) is 11.7. The van der Waals surface area contributed by atoms with Crippen molar-refractivity contribution in [2.24, 2.45) is 0 Å². The summed E-state index contributed by atoms with van der Waals surface area (Å²) in [4.78, 5) is 0. The summed E-state index contributed by atoms with van der Waals surface area (Å²) in [6.07, 6.45) is 11.7. The Morgan fingerprint density at radius 2 is 1.42 bits per heavy atom. The number of allylic oxidation sites excluding steroid dienone is 2. The van der Waals surface area contributed by atoms with Crippen molar-refractivity contribution in [1.29, 1.82) is 0 Å². The molecule has 0 unspecified atom stereocenters. The average molecular weight is 168 g/mol. The van der Waals surface area contributed by atoms with Gasteiger partial charge in [0.1, 0.15) is 0 Å². The van der Waals surface area contributed by atoms with E-state index in [1.54, 1.807) is 5.57 Å². The van der Waals surface area contributed by atoms with Gasteiger partial charge in [0.25, 0.3) is 0 Å². The van der Waals surface area contributed by atoms with Crippen LogP contribution in [0.2, 0.25) is 0 Å². The van der Waals surface area contributed by atoms with Gasteiger partial charge in [-0.25, -0.2) is 0 Å². The van der Waals surface area contributed by atoms with Gasteiger partial charge in [0.15, 0.2) is 0 Å². The van der Waals surface area contributed by atoms with E-state index in [0.29, 0.717) is 0 Å². The molecule has 0 spiro atoms. The molecule has 0 heterocycles. The normalized spacial score (nSPS) is 9.92. The minimum absolute atomic E-state index is 1.21. The molecule has 0 amide bonds. The molecule has 12 heavy (non-hydrogen) atoms. The quantitative estimate of drug-likeness (QED) is 0.483. The van der Waals surface area contributed by atoms with E-state index in [-0.39, 0.29) is 0 Å². The summed E-state index contributed by atoms with van der Waals surface area (Å²) in [6.45, 7) is 6.77. The van der Waals surface area contributed by atoms with Crippen molar-refractivity contribution in [1.82, 2.24) is 0 Å². The molecule has 72 valence electrons. The number of hydrogen-bond acceptors (Lipinski definition) is 0. The molecule has 0 fully saturated rings. The van der Waals surface area contributed by atoms with E-state index in [9.17, 15) is 0 Å². The van der Waals surface area contributed by atoms with Crippen LogP contribution in [-0.4, -0.2) is 0 Å². The van der Waals surface area contributed by atoms with E-state index in [0.717, 1.165) is 0 Å². The van der Waals surface area contributed by atoms with Crippen LogP contribution in [0.15, 0.2) is 11.6 Å².